The van der Waals surface area contributed by atoms with E-state index in [1.54, 1.807) is 0 Å². The summed E-state index contributed by atoms with van der Waals surface area (Å²) >= 11 is 0. The highest BCUT2D eigenvalue weighted by Gasteiger charge is 2.66. The number of aromatic nitrogens is 3. The van der Waals surface area contributed by atoms with Gasteiger partial charge in [-0.25, -0.2) is 0 Å². The Morgan fingerprint density at radius 2 is 1.79 bits per heavy atom. The summed E-state index contributed by atoms with van der Waals surface area (Å²) in [6.45, 7) is 7.17. The van der Waals surface area contributed by atoms with E-state index in [4.69, 9.17) is 5.73 Å². The molecule has 4 nitrogen and oxygen atoms in total. The molecule has 3 fully saturated rings. The van der Waals surface area contributed by atoms with Crippen LogP contribution in [0, 0.1) is 23.7 Å². The molecule has 4 heteroatoms. The summed E-state index contributed by atoms with van der Waals surface area (Å²) in [5.41, 5.74) is 5.87. The fourth-order valence-electron chi connectivity index (χ4n) is 5.08. The molecule has 0 aromatic carbocycles. The van der Waals surface area contributed by atoms with Crippen LogP contribution in [0.1, 0.15) is 57.6 Å². The summed E-state index contributed by atoms with van der Waals surface area (Å²) in [5.74, 6) is 6.62. The molecule has 3 aliphatic carbocycles. The number of hydrogen-bond acceptors (Lipinski definition) is 3. The van der Waals surface area contributed by atoms with Crippen LogP contribution in [0.25, 0.3) is 0 Å². The Morgan fingerprint density at radius 1 is 1.16 bits per heavy atom. The average molecular weight is 260 g/mol. The van der Waals surface area contributed by atoms with E-state index in [-0.39, 0.29) is 5.54 Å². The minimum Gasteiger partial charge on any atom is -0.324 e. The molecule has 104 valence electrons. The van der Waals surface area contributed by atoms with Gasteiger partial charge in [0.05, 0.1) is 6.54 Å². The van der Waals surface area contributed by atoms with Crippen molar-refractivity contribution in [2.75, 3.05) is 0 Å². The van der Waals surface area contributed by atoms with Gasteiger partial charge in [0.1, 0.15) is 11.6 Å². The highest BCUT2D eigenvalue weighted by Crippen LogP contribution is 2.72. The van der Waals surface area contributed by atoms with Gasteiger partial charge in [0.15, 0.2) is 0 Å². The smallest absolute Gasteiger partial charge is 0.147 e. The molecule has 0 aliphatic heterocycles. The first-order chi connectivity index (χ1) is 9.02. The van der Waals surface area contributed by atoms with Crippen LogP contribution >= 0.6 is 0 Å². The first-order valence-corrected chi connectivity index (χ1v) is 7.67. The molecule has 0 amide bonds. The van der Waals surface area contributed by atoms with Crippen molar-refractivity contribution < 1.29 is 0 Å². The molecular weight excluding hydrogens is 236 g/mol. The van der Waals surface area contributed by atoms with E-state index in [2.05, 4.69) is 35.5 Å². The van der Waals surface area contributed by atoms with E-state index in [9.17, 15) is 0 Å². The molecule has 3 aliphatic rings. The number of nitrogens with two attached hydrogens (primary N) is 1. The SMILES string of the molecule is CC(C)(C)n1c(CN)nnc1C1C2C3CCC(C3)C12. The third-order valence-corrected chi connectivity index (χ3v) is 5.64. The Labute approximate surface area is 114 Å². The Bertz CT molecular complexity index is 497. The second kappa shape index (κ2) is 3.60. The molecule has 2 bridgehead atoms. The van der Waals surface area contributed by atoms with E-state index >= 15 is 0 Å². The Morgan fingerprint density at radius 3 is 2.32 bits per heavy atom. The number of hydrogen-bond donors (Lipinski definition) is 1. The predicted octanol–water partition coefficient (Wildman–Crippen LogP) is 2.25. The third-order valence-electron chi connectivity index (χ3n) is 5.64. The molecule has 0 spiro atoms. The summed E-state index contributed by atoms with van der Waals surface area (Å²) in [6, 6.07) is 0. The normalized spacial score (nSPS) is 39.7. The van der Waals surface area contributed by atoms with Crippen LogP contribution in [-0.2, 0) is 12.1 Å². The van der Waals surface area contributed by atoms with Crippen molar-refractivity contribution in [1.29, 1.82) is 0 Å². The van der Waals surface area contributed by atoms with Crippen molar-refractivity contribution in [3.05, 3.63) is 11.6 Å². The van der Waals surface area contributed by atoms with E-state index < -0.39 is 0 Å². The van der Waals surface area contributed by atoms with Crippen LogP contribution in [-0.4, -0.2) is 14.8 Å². The molecule has 4 rings (SSSR count). The van der Waals surface area contributed by atoms with Crippen LogP contribution < -0.4 is 5.73 Å². The molecule has 1 aromatic rings. The number of nitrogens with zero attached hydrogens (tertiary/aromatic N) is 3. The summed E-state index contributed by atoms with van der Waals surface area (Å²) in [7, 11) is 0. The van der Waals surface area contributed by atoms with Crippen molar-refractivity contribution >= 4 is 0 Å². The number of fused-ring (bicyclic) bond motifs is 5. The van der Waals surface area contributed by atoms with Gasteiger partial charge in [0.2, 0.25) is 0 Å². The second-order valence-corrected chi connectivity index (χ2v) is 7.70. The van der Waals surface area contributed by atoms with Crippen LogP contribution in [0.4, 0.5) is 0 Å². The summed E-state index contributed by atoms with van der Waals surface area (Å²) in [4.78, 5) is 0. The first kappa shape index (κ1) is 11.9. The molecule has 4 atom stereocenters. The van der Waals surface area contributed by atoms with Crippen molar-refractivity contribution in [2.45, 2.75) is 58.0 Å². The topological polar surface area (TPSA) is 56.7 Å². The van der Waals surface area contributed by atoms with Crippen molar-refractivity contribution in [3.63, 3.8) is 0 Å². The zero-order chi connectivity index (χ0) is 13.4. The zero-order valence-corrected chi connectivity index (χ0v) is 12.1. The number of rotatable bonds is 2. The Kier molecular flexibility index (Phi) is 2.25. The Balaban J connectivity index is 1.72. The van der Waals surface area contributed by atoms with Crippen LogP contribution in [0.3, 0.4) is 0 Å². The van der Waals surface area contributed by atoms with Crippen LogP contribution in [0.5, 0.6) is 0 Å². The van der Waals surface area contributed by atoms with Gasteiger partial charge in [0.25, 0.3) is 0 Å². The van der Waals surface area contributed by atoms with E-state index in [1.807, 2.05) is 0 Å². The lowest BCUT2D eigenvalue weighted by atomic mass is 10.0. The van der Waals surface area contributed by atoms with E-state index in [1.165, 1.54) is 25.1 Å². The van der Waals surface area contributed by atoms with E-state index in [0.717, 1.165) is 29.5 Å². The second-order valence-electron chi connectivity index (χ2n) is 7.70. The van der Waals surface area contributed by atoms with Crippen molar-refractivity contribution in [3.8, 4) is 0 Å². The van der Waals surface area contributed by atoms with Gasteiger partial charge in [0, 0.05) is 11.5 Å². The highest BCUT2D eigenvalue weighted by atomic mass is 15.3. The summed E-state index contributed by atoms with van der Waals surface area (Å²) < 4.78 is 2.31. The predicted molar refractivity (Wildman–Crippen MR) is 73.5 cm³/mol. The zero-order valence-electron chi connectivity index (χ0n) is 12.1. The minimum atomic E-state index is 0.0312. The molecule has 1 heterocycles. The lowest BCUT2D eigenvalue weighted by molar-refractivity contribution is 0.360. The maximum Gasteiger partial charge on any atom is 0.147 e. The maximum absolute atomic E-state index is 5.84. The van der Waals surface area contributed by atoms with Crippen molar-refractivity contribution in [1.82, 2.24) is 14.8 Å². The quantitative estimate of drug-likeness (QED) is 0.887. The van der Waals surface area contributed by atoms with E-state index in [0.29, 0.717) is 12.5 Å². The molecule has 0 saturated heterocycles. The van der Waals surface area contributed by atoms with Gasteiger partial charge >= 0.3 is 0 Å². The summed E-state index contributed by atoms with van der Waals surface area (Å²) in [6.07, 6.45) is 4.39. The minimum absolute atomic E-state index is 0.0312. The third kappa shape index (κ3) is 1.49. The van der Waals surface area contributed by atoms with Gasteiger partial charge in [-0.05, 0) is 63.7 Å². The molecule has 0 radical (unpaired) electrons. The van der Waals surface area contributed by atoms with Crippen LogP contribution in [0.2, 0.25) is 0 Å². The summed E-state index contributed by atoms with van der Waals surface area (Å²) in [5, 5.41) is 8.88. The fraction of sp³-hybridized carbons (Fsp3) is 0.867. The fourth-order valence-corrected chi connectivity index (χ4v) is 5.08. The molecule has 19 heavy (non-hydrogen) atoms. The van der Waals surface area contributed by atoms with Gasteiger partial charge in [-0.15, -0.1) is 10.2 Å². The Hall–Kier alpha value is -0.900. The van der Waals surface area contributed by atoms with Gasteiger partial charge in [-0.3, -0.25) is 0 Å². The van der Waals surface area contributed by atoms with Gasteiger partial charge in [-0.2, -0.15) is 0 Å². The average Bonchev–Trinajstić information content (AvgIpc) is 2.75. The van der Waals surface area contributed by atoms with Crippen molar-refractivity contribution in [2.24, 2.45) is 29.4 Å². The maximum atomic E-state index is 5.84. The molecular formula is C15H24N4. The molecule has 3 saturated carbocycles. The van der Waals surface area contributed by atoms with Gasteiger partial charge in [-0.1, -0.05) is 0 Å². The monoisotopic (exact) mass is 260 g/mol. The first-order valence-electron chi connectivity index (χ1n) is 7.67. The largest absolute Gasteiger partial charge is 0.324 e. The lowest BCUT2D eigenvalue weighted by Crippen LogP contribution is -2.27. The van der Waals surface area contributed by atoms with Crippen LogP contribution in [0.15, 0.2) is 0 Å². The lowest BCUT2D eigenvalue weighted by Gasteiger charge is -2.25. The molecule has 4 unspecified atom stereocenters. The standard InChI is InChI=1S/C15H24N4/c1-15(2,3)19-10(7-16)17-18-14(19)13-11-8-4-5-9(6-8)12(11)13/h8-9,11-13H,4-7,16H2,1-3H3. The molecule has 2 N–H and O–H groups in total. The molecule has 1 aromatic heterocycles. The highest BCUT2D eigenvalue weighted by molar-refractivity contribution is 5.25. The van der Waals surface area contributed by atoms with Gasteiger partial charge < -0.3 is 10.3 Å².